The number of carbonyl (C=O) groups excluding carboxylic acids is 1. The quantitative estimate of drug-likeness (QED) is 0.471. The molecule has 1 spiro atoms. The first kappa shape index (κ1) is 19.0. The van der Waals surface area contributed by atoms with Crippen molar-refractivity contribution in [2.24, 2.45) is 0 Å². The van der Waals surface area contributed by atoms with Gasteiger partial charge in [-0.25, -0.2) is 9.37 Å². The molecule has 0 fully saturated rings. The summed E-state index contributed by atoms with van der Waals surface area (Å²) in [4.78, 5) is 20.9. The van der Waals surface area contributed by atoms with Gasteiger partial charge >= 0.3 is 0 Å². The lowest BCUT2D eigenvalue weighted by molar-refractivity contribution is -0.123. The van der Waals surface area contributed by atoms with Gasteiger partial charge in [-0.05, 0) is 73.9 Å². The van der Waals surface area contributed by atoms with Crippen molar-refractivity contribution in [2.45, 2.75) is 32.9 Å². The summed E-state index contributed by atoms with van der Waals surface area (Å²) in [7, 11) is 0. The minimum absolute atomic E-state index is 0.117. The average molecular weight is 426 g/mol. The van der Waals surface area contributed by atoms with E-state index in [-0.39, 0.29) is 11.7 Å². The number of benzene rings is 3. The summed E-state index contributed by atoms with van der Waals surface area (Å²) in [6.07, 6.45) is 0.797. The fourth-order valence-corrected chi connectivity index (χ4v) is 5.13. The third-order valence-corrected chi connectivity index (χ3v) is 6.73. The fraction of sp³-hybridized carbons (Fsp3) is 0.231. The highest BCUT2D eigenvalue weighted by Crippen LogP contribution is 2.51. The van der Waals surface area contributed by atoms with Gasteiger partial charge in [0.05, 0.1) is 16.7 Å². The van der Waals surface area contributed by atoms with Crippen molar-refractivity contribution >= 4 is 28.3 Å². The Morgan fingerprint density at radius 3 is 2.66 bits per heavy atom. The number of fused-ring (bicyclic) bond motifs is 8. The summed E-state index contributed by atoms with van der Waals surface area (Å²) in [5.41, 5.74) is 5.71. The largest absolute Gasteiger partial charge is 0.350 e. The number of nitrogens with zero attached hydrogens (tertiary/aromatic N) is 3. The molecule has 4 aromatic rings. The number of hydrogen-bond acceptors (Lipinski definition) is 3. The molecular weight excluding hydrogens is 403 g/mol. The van der Waals surface area contributed by atoms with Crippen LogP contribution in [0.3, 0.4) is 0 Å². The lowest BCUT2D eigenvalue weighted by atomic mass is 9.95. The zero-order valence-electron chi connectivity index (χ0n) is 18.2. The molecule has 2 aliphatic rings. The normalized spacial score (nSPS) is 18.6. The van der Waals surface area contributed by atoms with Crippen LogP contribution in [0, 0.1) is 19.7 Å². The number of amides is 1. The Kier molecular flexibility index (Phi) is 3.82. The smallest absolute Gasteiger partial charge is 0.279 e. The molecule has 1 N–H and O–H groups in total. The summed E-state index contributed by atoms with van der Waals surface area (Å²) in [6.45, 7) is 6.71. The van der Waals surface area contributed by atoms with E-state index in [9.17, 15) is 9.18 Å². The number of para-hydroxylation sites is 1. The Labute approximate surface area is 185 Å². The Morgan fingerprint density at radius 2 is 1.84 bits per heavy atom. The predicted molar refractivity (Wildman–Crippen MR) is 124 cm³/mol. The number of rotatable bonds is 2. The van der Waals surface area contributed by atoms with Crippen LogP contribution in [0.5, 0.6) is 0 Å². The van der Waals surface area contributed by atoms with E-state index in [0.29, 0.717) is 17.9 Å². The molecule has 2 aliphatic heterocycles. The molecule has 0 bridgehead atoms. The molecule has 3 aromatic carbocycles. The van der Waals surface area contributed by atoms with Crippen molar-refractivity contribution in [2.75, 3.05) is 16.8 Å². The van der Waals surface area contributed by atoms with Crippen LogP contribution in [0.4, 0.5) is 15.8 Å². The topological polar surface area (TPSA) is 50.2 Å². The maximum Gasteiger partial charge on any atom is 0.279 e. The Morgan fingerprint density at radius 1 is 1.06 bits per heavy atom. The molecule has 0 radical (unpaired) electrons. The van der Waals surface area contributed by atoms with Crippen LogP contribution in [0.15, 0.2) is 54.6 Å². The summed E-state index contributed by atoms with van der Waals surface area (Å²) >= 11 is 0. The number of nitrogens with one attached hydrogen (secondary N) is 1. The van der Waals surface area contributed by atoms with Crippen molar-refractivity contribution in [1.82, 2.24) is 9.55 Å². The number of imidazole rings is 1. The zero-order valence-corrected chi connectivity index (χ0v) is 18.2. The van der Waals surface area contributed by atoms with Gasteiger partial charge < -0.3 is 10.2 Å². The van der Waals surface area contributed by atoms with Crippen LogP contribution in [-0.2, 0) is 10.5 Å². The van der Waals surface area contributed by atoms with E-state index < -0.39 is 5.66 Å². The summed E-state index contributed by atoms with van der Waals surface area (Å²) in [6, 6.07) is 16.6. The molecule has 1 unspecified atom stereocenters. The molecule has 1 amide bonds. The maximum atomic E-state index is 14.6. The van der Waals surface area contributed by atoms with Crippen molar-refractivity contribution in [3.8, 4) is 11.4 Å². The second-order valence-electron chi connectivity index (χ2n) is 8.70. The molecule has 32 heavy (non-hydrogen) atoms. The molecular formula is C26H23FN4O. The van der Waals surface area contributed by atoms with Crippen molar-refractivity contribution in [1.29, 1.82) is 0 Å². The Hall–Kier alpha value is -3.67. The van der Waals surface area contributed by atoms with Gasteiger partial charge in [0.1, 0.15) is 11.6 Å². The number of hydrogen-bond donors (Lipinski definition) is 1. The average Bonchev–Trinajstić information content (AvgIpc) is 3.25. The number of aryl methyl sites for hydroxylation is 2. The van der Waals surface area contributed by atoms with E-state index in [0.717, 1.165) is 45.5 Å². The monoisotopic (exact) mass is 426 g/mol. The van der Waals surface area contributed by atoms with Crippen LogP contribution in [0.1, 0.15) is 30.0 Å². The molecule has 6 heteroatoms. The van der Waals surface area contributed by atoms with Gasteiger partial charge in [-0.2, -0.15) is 0 Å². The molecule has 160 valence electrons. The number of halogens is 1. The van der Waals surface area contributed by atoms with Gasteiger partial charge in [-0.1, -0.05) is 19.1 Å². The summed E-state index contributed by atoms with van der Waals surface area (Å²) in [5, 5.41) is 3.53. The highest BCUT2D eigenvalue weighted by Gasteiger charge is 2.56. The summed E-state index contributed by atoms with van der Waals surface area (Å²) < 4.78 is 16.6. The Bertz CT molecular complexity index is 1440. The van der Waals surface area contributed by atoms with Gasteiger partial charge in [0.2, 0.25) is 5.66 Å². The molecule has 0 saturated carbocycles. The van der Waals surface area contributed by atoms with Gasteiger partial charge in [0, 0.05) is 23.4 Å². The van der Waals surface area contributed by atoms with E-state index in [1.54, 1.807) is 11.0 Å². The third-order valence-electron chi connectivity index (χ3n) is 6.73. The molecule has 0 saturated heterocycles. The second-order valence-corrected chi connectivity index (χ2v) is 8.70. The van der Waals surface area contributed by atoms with Gasteiger partial charge in [-0.15, -0.1) is 0 Å². The van der Waals surface area contributed by atoms with Crippen LogP contribution in [-0.4, -0.2) is 22.0 Å². The first-order chi connectivity index (χ1) is 15.5. The minimum Gasteiger partial charge on any atom is -0.350 e. The van der Waals surface area contributed by atoms with Crippen LogP contribution in [0.25, 0.3) is 22.4 Å². The first-order valence-corrected chi connectivity index (χ1v) is 11.0. The molecule has 1 atom stereocenters. The van der Waals surface area contributed by atoms with Crippen LogP contribution < -0.4 is 10.2 Å². The van der Waals surface area contributed by atoms with E-state index >= 15 is 0 Å². The van der Waals surface area contributed by atoms with Gasteiger partial charge in [0.25, 0.3) is 5.91 Å². The zero-order chi connectivity index (χ0) is 22.2. The van der Waals surface area contributed by atoms with Crippen molar-refractivity contribution in [3.05, 3.63) is 77.1 Å². The lowest BCUT2D eigenvalue weighted by Crippen LogP contribution is -2.53. The SMILES string of the molecule is CCCN1C(=O)C2(Nc3ccccc3-c3nc4cc(C)c(C)cc4n32)c2cc(F)ccc21. The van der Waals surface area contributed by atoms with E-state index in [1.165, 1.54) is 12.1 Å². The first-order valence-electron chi connectivity index (χ1n) is 11.0. The van der Waals surface area contributed by atoms with Crippen molar-refractivity contribution < 1.29 is 9.18 Å². The van der Waals surface area contributed by atoms with Crippen molar-refractivity contribution in [3.63, 3.8) is 0 Å². The van der Waals surface area contributed by atoms with E-state index in [2.05, 4.69) is 31.3 Å². The third kappa shape index (κ3) is 2.27. The highest BCUT2D eigenvalue weighted by molar-refractivity contribution is 6.12. The number of carbonyl (C=O) groups is 1. The lowest BCUT2D eigenvalue weighted by Gasteiger charge is -2.38. The maximum absolute atomic E-state index is 14.6. The second kappa shape index (κ2) is 6.42. The molecule has 1 aromatic heterocycles. The minimum atomic E-state index is -1.30. The van der Waals surface area contributed by atoms with E-state index in [4.69, 9.17) is 4.98 Å². The fourth-order valence-electron chi connectivity index (χ4n) is 5.13. The number of anilines is 2. The van der Waals surface area contributed by atoms with Crippen LogP contribution >= 0.6 is 0 Å². The Balaban J connectivity index is 1.77. The molecule has 0 aliphatic carbocycles. The summed E-state index contributed by atoms with van der Waals surface area (Å²) in [5.74, 6) is 0.224. The standard InChI is InChI=1S/C26H23FN4O/c1-4-11-30-22-10-9-17(27)14-19(22)26(25(30)32)29-20-8-6-5-7-18(20)24-28-21-12-15(2)16(3)13-23(21)31(24)26/h5-10,12-14,29H,4,11H2,1-3H3. The van der Waals surface area contributed by atoms with Gasteiger partial charge in [-0.3, -0.25) is 9.36 Å². The van der Waals surface area contributed by atoms with Crippen LogP contribution in [0.2, 0.25) is 0 Å². The molecule has 3 heterocycles. The van der Waals surface area contributed by atoms with E-state index in [1.807, 2.05) is 35.8 Å². The number of aromatic nitrogens is 2. The predicted octanol–water partition coefficient (Wildman–Crippen LogP) is 5.34. The molecule has 5 nitrogen and oxygen atoms in total. The highest BCUT2D eigenvalue weighted by atomic mass is 19.1. The molecule has 6 rings (SSSR count). The van der Waals surface area contributed by atoms with Gasteiger partial charge in [0.15, 0.2) is 0 Å².